The summed E-state index contributed by atoms with van der Waals surface area (Å²) >= 11 is 0. The van der Waals surface area contributed by atoms with Gasteiger partial charge in [-0.2, -0.15) is 0 Å². The van der Waals surface area contributed by atoms with Crippen LogP contribution in [-0.2, 0) is 10.0 Å². The summed E-state index contributed by atoms with van der Waals surface area (Å²) < 4.78 is 36.4. The number of rotatable bonds is 4. The Morgan fingerprint density at radius 3 is 2.58 bits per heavy atom. The lowest BCUT2D eigenvalue weighted by Gasteiger charge is -2.10. The Morgan fingerprint density at radius 1 is 1.26 bits per heavy atom. The fourth-order valence-electron chi connectivity index (χ4n) is 1.50. The molecule has 0 aliphatic rings. The molecule has 102 valence electrons. The zero-order chi connectivity index (χ0) is 14.0. The van der Waals surface area contributed by atoms with Gasteiger partial charge < -0.3 is 4.74 Å². The highest BCUT2D eigenvalue weighted by atomic mass is 32.2. The topological polar surface area (TPSA) is 94.3 Å². The van der Waals surface area contributed by atoms with Crippen LogP contribution in [0.25, 0.3) is 0 Å². The SMILES string of the molecule is COc1ccc(C)cc1S(=O)(=O)Nc1nonc1C. The quantitative estimate of drug-likeness (QED) is 0.913. The maximum Gasteiger partial charge on any atom is 0.266 e. The number of benzene rings is 1. The van der Waals surface area contributed by atoms with Gasteiger partial charge in [-0.15, -0.1) is 0 Å². The standard InChI is InChI=1S/C11H13N3O4S/c1-7-4-5-9(17-3)10(6-7)19(15,16)14-11-8(2)12-18-13-11/h4-6H,1-3H3,(H,13,14). The monoisotopic (exact) mass is 283 g/mol. The number of aromatic nitrogens is 2. The summed E-state index contributed by atoms with van der Waals surface area (Å²) in [6.07, 6.45) is 0. The number of ether oxygens (including phenoxy) is 1. The lowest BCUT2D eigenvalue weighted by molar-refractivity contribution is 0.306. The average Bonchev–Trinajstić information content (AvgIpc) is 2.74. The lowest BCUT2D eigenvalue weighted by atomic mass is 10.2. The van der Waals surface area contributed by atoms with E-state index in [0.717, 1.165) is 5.56 Å². The molecular weight excluding hydrogens is 270 g/mol. The van der Waals surface area contributed by atoms with Crippen molar-refractivity contribution in [1.29, 1.82) is 0 Å². The molecule has 19 heavy (non-hydrogen) atoms. The molecule has 2 aromatic rings. The predicted molar refractivity (Wildman–Crippen MR) is 67.6 cm³/mol. The largest absolute Gasteiger partial charge is 0.495 e. The third-order valence-corrected chi connectivity index (χ3v) is 3.85. The summed E-state index contributed by atoms with van der Waals surface area (Å²) in [5, 5.41) is 7.00. The number of nitrogens with zero attached hydrogens (tertiary/aromatic N) is 2. The smallest absolute Gasteiger partial charge is 0.266 e. The molecule has 1 aromatic heterocycles. The van der Waals surface area contributed by atoms with Crippen molar-refractivity contribution in [3.05, 3.63) is 29.5 Å². The molecule has 7 nitrogen and oxygen atoms in total. The molecule has 0 aliphatic heterocycles. The number of nitrogens with one attached hydrogen (secondary N) is 1. The van der Waals surface area contributed by atoms with E-state index in [1.54, 1.807) is 26.0 Å². The number of aryl methyl sites for hydroxylation is 2. The molecule has 0 bridgehead atoms. The summed E-state index contributed by atoms with van der Waals surface area (Å²) in [7, 11) is -2.40. The van der Waals surface area contributed by atoms with Gasteiger partial charge >= 0.3 is 0 Å². The van der Waals surface area contributed by atoms with E-state index >= 15 is 0 Å². The van der Waals surface area contributed by atoms with Crippen LogP contribution < -0.4 is 9.46 Å². The van der Waals surface area contributed by atoms with E-state index in [-0.39, 0.29) is 16.5 Å². The second-order valence-electron chi connectivity index (χ2n) is 3.96. The highest BCUT2D eigenvalue weighted by Gasteiger charge is 2.22. The first-order chi connectivity index (χ1) is 8.94. The van der Waals surface area contributed by atoms with E-state index in [2.05, 4.69) is 19.7 Å². The molecule has 1 N–H and O–H groups in total. The number of hydrogen-bond donors (Lipinski definition) is 1. The third kappa shape index (κ3) is 2.68. The Hall–Kier alpha value is -2.09. The van der Waals surface area contributed by atoms with Crippen molar-refractivity contribution >= 4 is 15.8 Å². The van der Waals surface area contributed by atoms with Crippen molar-refractivity contribution in [2.75, 3.05) is 11.8 Å². The van der Waals surface area contributed by atoms with E-state index < -0.39 is 10.0 Å². The van der Waals surface area contributed by atoms with E-state index in [4.69, 9.17) is 4.74 Å². The van der Waals surface area contributed by atoms with Crippen LogP contribution in [0.3, 0.4) is 0 Å². The molecule has 0 fully saturated rings. The van der Waals surface area contributed by atoms with Crippen molar-refractivity contribution in [1.82, 2.24) is 10.3 Å². The maximum atomic E-state index is 12.3. The van der Waals surface area contributed by atoms with Crippen LogP contribution in [0.15, 0.2) is 27.7 Å². The van der Waals surface area contributed by atoms with Gasteiger partial charge in [-0.1, -0.05) is 11.2 Å². The van der Waals surface area contributed by atoms with Crippen molar-refractivity contribution in [3.8, 4) is 5.75 Å². The average molecular weight is 283 g/mol. The zero-order valence-electron chi connectivity index (χ0n) is 10.7. The highest BCUT2D eigenvalue weighted by molar-refractivity contribution is 7.92. The Kier molecular flexibility index (Phi) is 3.43. The molecule has 8 heteroatoms. The van der Waals surface area contributed by atoms with Crippen LogP contribution in [0, 0.1) is 13.8 Å². The third-order valence-electron chi connectivity index (χ3n) is 2.49. The second-order valence-corrected chi connectivity index (χ2v) is 5.61. The molecule has 0 aliphatic carbocycles. The van der Waals surface area contributed by atoms with Gasteiger partial charge in [0.1, 0.15) is 16.3 Å². The zero-order valence-corrected chi connectivity index (χ0v) is 11.5. The molecular formula is C11H13N3O4S. The summed E-state index contributed by atoms with van der Waals surface area (Å²) in [6.45, 7) is 3.38. The van der Waals surface area contributed by atoms with Crippen LogP contribution in [0.1, 0.15) is 11.3 Å². The van der Waals surface area contributed by atoms with Crippen LogP contribution in [0.2, 0.25) is 0 Å². The minimum absolute atomic E-state index is 0.0393. The van der Waals surface area contributed by atoms with Gasteiger partial charge in [0.2, 0.25) is 5.82 Å². The van der Waals surface area contributed by atoms with Crippen molar-refractivity contribution in [2.45, 2.75) is 18.7 Å². The van der Waals surface area contributed by atoms with Gasteiger partial charge in [0.05, 0.1) is 7.11 Å². The normalized spacial score (nSPS) is 11.3. The van der Waals surface area contributed by atoms with Gasteiger partial charge in [-0.25, -0.2) is 13.0 Å². The fourth-order valence-corrected chi connectivity index (χ4v) is 2.81. The summed E-state index contributed by atoms with van der Waals surface area (Å²) in [6, 6.07) is 4.88. The Balaban J connectivity index is 2.45. The Bertz CT molecular complexity index is 694. The molecule has 1 heterocycles. The first-order valence-electron chi connectivity index (χ1n) is 5.40. The summed E-state index contributed by atoms with van der Waals surface area (Å²) in [4.78, 5) is 0.0393. The number of hydrogen-bond acceptors (Lipinski definition) is 6. The summed E-state index contributed by atoms with van der Waals surface area (Å²) in [5.74, 6) is 0.316. The molecule has 0 atom stereocenters. The van der Waals surface area contributed by atoms with Crippen LogP contribution in [0.4, 0.5) is 5.82 Å². The minimum atomic E-state index is -3.81. The fraction of sp³-hybridized carbons (Fsp3) is 0.273. The van der Waals surface area contributed by atoms with E-state index in [1.165, 1.54) is 13.2 Å². The molecule has 0 amide bonds. The lowest BCUT2D eigenvalue weighted by Crippen LogP contribution is -2.15. The number of methoxy groups -OCH3 is 1. The predicted octanol–water partition coefficient (Wildman–Crippen LogP) is 1.50. The van der Waals surface area contributed by atoms with Crippen molar-refractivity contribution in [2.24, 2.45) is 0 Å². The van der Waals surface area contributed by atoms with Gasteiger partial charge in [0.15, 0.2) is 0 Å². The first kappa shape index (κ1) is 13.3. The van der Waals surface area contributed by atoms with Gasteiger partial charge in [0, 0.05) is 0 Å². The van der Waals surface area contributed by atoms with E-state index in [9.17, 15) is 8.42 Å². The maximum absolute atomic E-state index is 12.3. The molecule has 0 saturated carbocycles. The number of sulfonamides is 1. The molecule has 2 rings (SSSR count). The molecule has 0 spiro atoms. The van der Waals surface area contributed by atoms with Crippen LogP contribution in [0.5, 0.6) is 5.75 Å². The van der Waals surface area contributed by atoms with Crippen molar-refractivity contribution in [3.63, 3.8) is 0 Å². The van der Waals surface area contributed by atoms with Crippen LogP contribution in [-0.4, -0.2) is 25.8 Å². The second kappa shape index (κ2) is 4.88. The summed E-state index contributed by atoms with van der Waals surface area (Å²) in [5.41, 5.74) is 1.16. The van der Waals surface area contributed by atoms with Gasteiger partial charge in [-0.3, -0.25) is 4.72 Å². The van der Waals surface area contributed by atoms with Gasteiger partial charge in [-0.05, 0) is 36.7 Å². The van der Waals surface area contributed by atoms with Crippen LogP contribution >= 0.6 is 0 Å². The highest BCUT2D eigenvalue weighted by Crippen LogP contribution is 2.26. The van der Waals surface area contributed by atoms with E-state index in [0.29, 0.717) is 5.69 Å². The minimum Gasteiger partial charge on any atom is -0.495 e. The Labute approximate surface area is 110 Å². The van der Waals surface area contributed by atoms with E-state index in [1.807, 2.05) is 0 Å². The molecule has 1 aromatic carbocycles. The van der Waals surface area contributed by atoms with Gasteiger partial charge in [0.25, 0.3) is 10.0 Å². The van der Waals surface area contributed by atoms with Crippen molar-refractivity contribution < 1.29 is 17.8 Å². The molecule has 0 radical (unpaired) electrons. The Morgan fingerprint density at radius 2 is 2.00 bits per heavy atom. The molecule has 0 unspecified atom stereocenters. The number of anilines is 1. The first-order valence-corrected chi connectivity index (χ1v) is 6.89. The molecule has 0 saturated heterocycles.